The van der Waals surface area contributed by atoms with E-state index in [2.05, 4.69) is 4.98 Å². The number of rotatable bonds is 4. The van der Waals surface area contributed by atoms with Crippen LogP contribution in [0.5, 0.6) is 0 Å². The lowest BCUT2D eigenvalue weighted by atomic mass is 9.89. The number of hydrogen-bond donors (Lipinski definition) is 0. The maximum absolute atomic E-state index is 13.2. The predicted octanol–water partition coefficient (Wildman–Crippen LogP) is 3.19. The van der Waals surface area contributed by atoms with Crippen LogP contribution in [-0.4, -0.2) is 33.7 Å². The molecule has 0 unspecified atom stereocenters. The summed E-state index contributed by atoms with van der Waals surface area (Å²) < 4.78 is 6.90. The first kappa shape index (κ1) is 17.9. The Morgan fingerprint density at radius 1 is 1.07 bits per heavy atom. The van der Waals surface area contributed by atoms with Crippen molar-refractivity contribution in [3.8, 4) is 0 Å². The number of nitrogens with zero attached hydrogens (tertiary/aromatic N) is 2. The average Bonchev–Trinajstić information content (AvgIpc) is 3.00. The number of benzene rings is 1. The minimum absolute atomic E-state index is 0.109. The van der Waals surface area contributed by atoms with Gasteiger partial charge in [-0.25, -0.2) is 4.79 Å². The van der Waals surface area contributed by atoms with E-state index in [0.29, 0.717) is 12.2 Å². The van der Waals surface area contributed by atoms with Gasteiger partial charge in [0, 0.05) is 18.4 Å². The zero-order valence-corrected chi connectivity index (χ0v) is 15.6. The molecule has 0 spiro atoms. The third-order valence-corrected chi connectivity index (χ3v) is 4.90. The van der Waals surface area contributed by atoms with Crippen molar-refractivity contribution in [2.75, 3.05) is 6.61 Å². The summed E-state index contributed by atoms with van der Waals surface area (Å²) in [4.78, 5) is 43.2. The van der Waals surface area contributed by atoms with Crippen molar-refractivity contribution in [2.45, 2.75) is 20.4 Å². The molecule has 0 atom stereocenters. The number of ketones is 2. The summed E-state index contributed by atoms with van der Waals surface area (Å²) in [5.74, 6) is -1.34. The fraction of sp³-hybridized carbons (Fsp3) is 0.182. The van der Waals surface area contributed by atoms with Crippen LogP contribution in [0, 0.1) is 6.92 Å². The van der Waals surface area contributed by atoms with Gasteiger partial charge in [0.2, 0.25) is 5.78 Å². The third kappa shape index (κ3) is 2.65. The minimum atomic E-state index is -0.600. The lowest BCUT2D eigenvalue weighted by Crippen LogP contribution is -2.25. The van der Waals surface area contributed by atoms with E-state index < -0.39 is 5.97 Å². The van der Waals surface area contributed by atoms with Gasteiger partial charge in [-0.05, 0) is 31.5 Å². The molecule has 6 nitrogen and oxygen atoms in total. The second kappa shape index (κ2) is 6.88. The molecular formula is C22H18N2O4. The number of carbonyl (C=O) groups excluding carboxylic acids is 3. The van der Waals surface area contributed by atoms with Crippen LogP contribution in [-0.2, 0) is 11.3 Å². The Kier molecular flexibility index (Phi) is 4.39. The van der Waals surface area contributed by atoms with Gasteiger partial charge >= 0.3 is 5.97 Å². The maximum atomic E-state index is 13.2. The summed E-state index contributed by atoms with van der Waals surface area (Å²) in [5.41, 5.74) is 2.26. The maximum Gasteiger partial charge on any atom is 0.340 e. The minimum Gasteiger partial charge on any atom is -0.462 e. The molecule has 1 aliphatic carbocycles. The van der Waals surface area contributed by atoms with Crippen molar-refractivity contribution < 1.29 is 19.1 Å². The summed E-state index contributed by atoms with van der Waals surface area (Å²) in [6, 6.07) is 12.7. The third-order valence-electron chi connectivity index (χ3n) is 4.90. The van der Waals surface area contributed by atoms with Gasteiger partial charge in [-0.15, -0.1) is 0 Å². The largest absolute Gasteiger partial charge is 0.462 e. The Hall–Kier alpha value is -3.54. The van der Waals surface area contributed by atoms with Crippen LogP contribution in [0.15, 0.2) is 48.7 Å². The summed E-state index contributed by atoms with van der Waals surface area (Å²) in [5, 5.41) is 0. The van der Waals surface area contributed by atoms with E-state index >= 15 is 0 Å². The van der Waals surface area contributed by atoms with E-state index in [-0.39, 0.29) is 46.3 Å². The van der Waals surface area contributed by atoms with Crippen molar-refractivity contribution in [1.29, 1.82) is 0 Å². The Morgan fingerprint density at radius 2 is 1.82 bits per heavy atom. The molecule has 0 amide bonds. The van der Waals surface area contributed by atoms with E-state index in [9.17, 15) is 14.4 Å². The highest BCUT2D eigenvalue weighted by molar-refractivity contribution is 6.30. The van der Waals surface area contributed by atoms with Crippen LogP contribution in [0.2, 0.25) is 0 Å². The summed E-state index contributed by atoms with van der Waals surface area (Å²) >= 11 is 0. The van der Waals surface area contributed by atoms with Gasteiger partial charge in [0.25, 0.3) is 0 Å². The quantitative estimate of drug-likeness (QED) is 0.513. The van der Waals surface area contributed by atoms with Crippen molar-refractivity contribution >= 4 is 17.5 Å². The number of pyridine rings is 1. The first-order valence-electron chi connectivity index (χ1n) is 9.03. The molecule has 1 aliphatic rings. The van der Waals surface area contributed by atoms with E-state index in [1.54, 1.807) is 30.5 Å². The Labute approximate surface area is 161 Å². The number of esters is 1. The highest BCUT2D eigenvalue weighted by atomic mass is 16.5. The van der Waals surface area contributed by atoms with Gasteiger partial charge < -0.3 is 9.30 Å². The molecule has 140 valence electrons. The fourth-order valence-corrected chi connectivity index (χ4v) is 3.63. The van der Waals surface area contributed by atoms with Crippen LogP contribution in [0.1, 0.15) is 60.6 Å². The second-order valence-corrected chi connectivity index (χ2v) is 6.53. The van der Waals surface area contributed by atoms with E-state index in [0.717, 1.165) is 5.56 Å². The van der Waals surface area contributed by atoms with Crippen LogP contribution >= 0.6 is 0 Å². The SMILES string of the molecule is CCOC(=O)c1c2c(n(Cc3ccccc3)c1C)C(=O)c1ncccc1C2=O. The second-order valence-electron chi connectivity index (χ2n) is 6.53. The molecule has 0 bridgehead atoms. The molecule has 2 heterocycles. The summed E-state index contributed by atoms with van der Waals surface area (Å²) in [6.45, 7) is 3.96. The van der Waals surface area contributed by atoms with Gasteiger partial charge in [0.15, 0.2) is 5.78 Å². The van der Waals surface area contributed by atoms with Crippen molar-refractivity contribution in [3.63, 3.8) is 0 Å². The topological polar surface area (TPSA) is 78.3 Å². The molecule has 2 aromatic heterocycles. The standard InChI is InChI=1S/C22H18N2O4/c1-3-28-22(27)16-13(2)24(12-14-8-5-4-6-9-14)19-17(16)20(25)15-10-7-11-23-18(15)21(19)26/h4-11H,3,12H2,1-2H3. The molecule has 0 saturated heterocycles. The molecule has 1 aromatic carbocycles. The Bertz CT molecular complexity index is 1110. The molecule has 0 radical (unpaired) electrons. The van der Waals surface area contributed by atoms with Crippen molar-refractivity contribution in [1.82, 2.24) is 9.55 Å². The van der Waals surface area contributed by atoms with Crippen molar-refractivity contribution in [2.24, 2.45) is 0 Å². The van der Waals surface area contributed by atoms with Crippen LogP contribution in [0.4, 0.5) is 0 Å². The molecule has 0 saturated carbocycles. The number of aromatic nitrogens is 2. The lowest BCUT2D eigenvalue weighted by molar-refractivity contribution is 0.0522. The molecule has 4 rings (SSSR count). The van der Waals surface area contributed by atoms with Crippen molar-refractivity contribution in [3.05, 3.63) is 88.0 Å². The molecular weight excluding hydrogens is 356 g/mol. The Morgan fingerprint density at radius 3 is 2.54 bits per heavy atom. The van der Waals surface area contributed by atoms with E-state index in [1.807, 2.05) is 30.3 Å². The smallest absolute Gasteiger partial charge is 0.340 e. The first-order chi connectivity index (χ1) is 13.5. The number of ether oxygens (including phenoxy) is 1. The first-order valence-corrected chi connectivity index (χ1v) is 9.03. The Balaban J connectivity index is 1.97. The van der Waals surface area contributed by atoms with Gasteiger partial charge in [-0.1, -0.05) is 30.3 Å². The summed E-state index contributed by atoms with van der Waals surface area (Å²) in [7, 11) is 0. The molecule has 28 heavy (non-hydrogen) atoms. The summed E-state index contributed by atoms with van der Waals surface area (Å²) in [6.07, 6.45) is 1.48. The number of hydrogen-bond acceptors (Lipinski definition) is 5. The molecule has 6 heteroatoms. The normalized spacial score (nSPS) is 12.5. The molecule has 0 fully saturated rings. The number of fused-ring (bicyclic) bond motifs is 2. The molecule has 0 aliphatic heterocycles. The van der Waals surface area contributed by atoms with Gasteiger partial charge in [-0.3, -0.25) is 14.6 Å². The van der Waals surface area contributed by atoms with Crippen LogP contribution in [0.3, 0.4) is 0 Å². The van der Waals surface area contributed by atoms with Crippen LogP contribution < -0.4 is 0 Å². The van der Waals surface area contributed by atoms with Gasteiger partial charge in [-0.2, -0.15) is 0 Å². The van der Waals surface area contributed by atoms with Gasteiger partial charge in [0.1, 0.15) is 11.4 Å². The fourth-order valence-electron chi connectivity index (χ4n) is 3.63. The predicted molar refractivity (Wildman–Crippen MR) is 102 cm³/mol. The zero-order chi connectivity index (χ0) is 19.8. The lowest BCUT2D eigenvalue weighted by Gasteiger charge is -2.17. The molecule has 3 aromatic rings. The van der Waals surface area contributed by atoms with Gasteiger partial charge in [0.05, 0.1) is 23.3 Å². The average molecular weight is 374 g/mol. The number of carbonyl (C=O) groups is 3. The monoisotopic (exact) mass is 374 g/mol. The zero-order valence-electron chi connectivity index (χ0n) is 15.6. The van der Waals surface area contributed by atoms with E-state index in [4.69, 9.17) is 4.74 Å². The highest BCUT2D eigenvalue weighted by Gasteiger charge is 2.40. The highest BCUT2D eigenvalue weighted by Crippen LogP contribution is 2.33. The van der Waals surface area contributed by atoms with Crippen LogP contribution in [0.25, 0.3) is 0 Å². The molecule has 0 N–H and O–H groups in total. The van der Waals surface area contributed by atoms with E-state index in [1.165, 1.54) is 6.20 Å².